The Labute approximate surface area is 140 Å². The van der Waals surface area contributed by atoms with Crippen molar-refractivity contribution in [2.45, 2.75) is 20.0 Å². The van der Waals surface area contributed by atoms with Gasteiger partial charge in [-0.3, -0.25) is 4.79 Å². The molecule has 24 heavy (non-hydrogen) atoms. The third-order valence-corrected chi connectivity index (χ3v) is 3.44. The average molecular weight is 331 g/mol. The summed E-state index contributed by atoms with van der Waals surface area (Å²) in [6.07, 6.45) is 0.837. The minimum Gasteiger partial charge on any atom is -0.449 e. The second-order valence-electron chi connectivity index (χ2n) is 5.26. The van der Waals surface area contributed by atoms with Gasteiger partial charge in [-0.05, 0) is 44.2 Å². The molecular formula is C17H21N3O4. The highest BCUT2D eigenvalue weighted by atomic mass is 16.5. The minimum atomic E-state index is -0.873. The summed E-state index contributed by atoms with van der Waals surface area (Å²) in [4.78, 5) is 23.9. The van der Waals surface area contributed by atoms with Gasteiger partial charge in [0.2, 0.25) is 0 Å². The number of methoxy groups -OCH3 is 1. The first-order valence-electron chi connectivity index (χ1n) is 7.61. The molecule has 7 nitrogen and oxygen atoms in total. The Morgan fingerprint density at radius 1 is 1.25 bits per heavy atom. The van der Waals surface area contributed by atoms with Crippen LogP contribution >= 0.6 is 0 Å². The van der Waals surface area contributed by atoms with E-state index in [0.29, 0.717) is 18.7 Å². The van der Waals surface area contributed by atoms with Crippen molar-refractivity contribution < 1.29 is 19.1 Å². The van der Waals surface area contributed by atoms with Crippen LogP contribution < -0.4 is 5.32 Å². The Morgan fingerprint density at radius 2 is 1.96 bits per heavy atom. The van der Waals surface area contributed by atoms with Crippen molar-refractivity contribution in [1.82, 2.24) is 15.1 Å². The van der Waals surface area contributed by atoms with Gasteiger partial charge in [-0.2, -0.15) is 5.10 Å². The summed E-state index contributed by atoms with van der Waals surface area (Å²) in [6.45, 7) is 4.25. The molecule has 1 aromatic heterocycles. The monoisotopic (exact) mass is 331 g/mol. The second-order valence-corrected chi connectivity index (χ2v) is 5.26. The molecule has 0 spiro atoms. The van der Waals surface area contributed by atoms with Crippen LogP contribution in [0.4, 0.5) is 0 Å². The summed E-state index contributed by atoms with van der Waals surface area (Å²) in [7, 11) is 1.55. The molecule has 2 aromatic rings. The van der Waals surface area contributed by atoms with Crippen molar-refractivity contribution in [3.63, 3.8) is 0 Å². The Kier molecular flexibility index (Phi) is 6.08. The molecule has 0 aliphatic carbocycles. The van der Waals surface area contributed by atoms with E-state index in [1.807, 2.05) is 13.0 Å². The van der Waals surface area contributed by atoms with E-state index in [9.17, 15) is 9.59 Å². The molecule has 0 unspecified atom stereocenters. The molecule has 1 amide bonds. The maximum absolute atomic E-state index is 12.1. The number of hydrogen-bond donors (Lipinski definition) is 1. The highest BCUT2D eigenvalue weighted by Gasteiger charge is 2.18. The van der Waals surface area contributed by atoms with Crippen molar-refractivity contribution >= 4 is 11.9 Å². The van der Waals surface area contributed by atoms with Gasteiger partial charge in [0, 0.05) is 25.5 Å². The van der Waals surface area contributed by atoms with Gasteiger partial charge >= 0.3 is 5.97 Å². The van der Waals surface area contributed by atoms with E-state index in [2.05, 4.69) is 10.4 Å². The number of hydrogen-bond acceptors (Lipinski definition) is 5. The minimum absolute atomic E-state index is 0.357. The summed E-state index contributed by atoms with van der Waals surface area (Å²) in [5, 5.41) is 6.83. The summed E-state index contributed by atoms with van der Waals surface area (Å²) in [5.74, 6) is -0.905. The molecule has 128 valence electrons. The van der Waals surface area contributed by atoms with Crippen LogP contribution in [0.15, 0.2) is 36.5 Å². The van der Waals surface area contributed by atoms with E-state index in [1.54, 1.807) is 42.3 Å². The number of aromatic nitrogens is 2. The number of aryl methyl sites for hydroxylation is 1. The second kappa shape index (κ2) is 8.26. The third kappa shape index (κ3) is 4.42. The van der Waals surface area contributed by atoms with Crippen LogP contribution in [0.2, 0.25) is 0 Å². The summed E-state index contributed by atoms with van der Waals surface area (Å²) >= 11 is 0. The first-order chi connectivity index (χ1) is 11.5. The van der Waals surface area contributed by atoms with Crippen LogP contribution in [0, 0.1) is 6.92 Å². The highest BCUT2D eigenvalue weighted by Crippen LogP contribution is 2.12. The third-order valence-electron chi connectivity index (χ3n) is 3.44. The number of benzene rings is 1. The Bertz CT molecular complexity index is 694. The van der Waals surface area contributed by atoms with Gasteiger partial charge < -0.3 is 14.8 Å². The fraction of sp³-hybridized carbons (Fsp3) is 0.353. The van der Waals surface area contributed by atoms with E-state index in [4.69, 9.17) is 9.47 Å². The first-order valence-corrected chi connectivity index (χ1v) is 7.61. The highest BCUT2D eigenvalue weighted by molar-refractivity contribution is 5.92. The zero-order valence-corrected chi connectivity index (χ0v) is 14.0. The quantitative estimate of drug-likeness (QED) is 0.614. The predicted molar refractivity (Wildman–Crippen MR) is 88.1 cm³/mol. The average Bonchev–Trinajstić information content (AvgIpc) is 3.01. The number of nitrogens with zero attached hydrogens (tertiary/aromatic N) is 2. The molecule has 0 aliphatic rings. The van der Waals surface area contributed by atoms with E-state index in [1.165, 1.54) is 6.92 Å². The van der Waals surface area contributed by atoms with Crippen molar-refractivity contribution in [3.8, 4) is 5.69 Å². The van der Waals surface area contributed by atoms with Crippen molar-refractivity contribution in [2.75, 3.05) is 20.3 Å². The normalized spacial score (nSPS) is 11.8. The van der Waals surface area contributed by atoms with Crippen LogP contribution in [-0.4, -0.2) is 48.0 Å². The van der Waals surface area contributed by atoms with Crippen molar-refractivity contribution in [3.05, 3.63) is 47.8 Å². The smallest absolute Gasteiger partial charge is 0.338 e. The van der Waals surface area contributed by atoms with Gasteiger partial charge in [-0.1, -0.05) is 0 Å². The molecule has 0 radical (unpaired) electrons. The maximum atomic E-state index is 12.1. The van der Waals surface area contributed by atoms with Crippen molar-refractivity contribution in [1.29, 1.82) is 0 Å². The lowest BCUT2D eigenvalue weighted by Gasteiger charge is -2.13. The van der Waals surface area contributed by atoms with E-state index in [0.717, 1.165) is 11.4 Å². The summed E-state index contributed by atoms with van der Waals surface area (Å²) in [6, 6.07) is 8.74. The predicted octanol–water partition coefficient (Wildman–Crippen LogP) is 1.49. The van der Waals surface area contributed by atoms with Gasteiger partial charge in [0.1, 0.15) is 0 Å². The zero-order valence-electron chi connectivity index (χ0n) is 14.0. The Hall–Kier alpha value is -2.67. The van der Waals surface area contributed by atoms with Gasteiger partial charge in [0.15, 0.2) is 6.10 Å². The van der Waals surface area contributed by atoms with Crippen LogP contribution in [0.25, 0.3) is 5.69 Å². The lowest BCUT2D eigenvalue weighted by atomic mass is 10.2. The topological polar surface area (TPSA) is 82.5 Å². The lowest BCUT2D eigenvalue weighted by molar-refractivity contribution is -0.129. The number of carbonyl (C=O) groups is 2. The number of carbonyl (C=O) groups excluding carboxylic acids is 2. The molecule has 1 aromatic carbocycles. The molecule has 1 atom stereocenters. The zero-order chi connectivity index (χ0) is 17.5. The number of esters is 1. The number of rotatable bonds is 7. The number of nitrogens with one attached hydrogen (secondary N) is 1. The summed E-state index contributed by atoms with van der Waals surface area (Å²) < 4.78 is 11.8. The molecule has 0 saturated heterocycles. The SMILES string of the molecule is COCCNC(=O)[C@H](C)OC(=O)c1ccc(-n2nccc2C)cc1. The van der Waals surface area contributed by atoms with Crippen LogP contribution in [-0.2, 0) is 14.3 Å². The number of ether oxygens (including phenoxy) is 2. The van der Waals surface area contributed by atoms with E-state index < -0.39 is 12.1 Å². The molecule has 0 bridgehead atoms. The largest absolute Gasteiger partial charge is 0.449 e. The fourth-order valence-electron chi connectivity index (χ4n) is 2.08. The number of amides is 1. The van der Waals surface area contributed by atoms with Gasteiger partial charge in [-0.25, -0.2) is 9.48 Å². The molecule has 1 N–H and O–H groups in total. The molecular weight excluding hydrogens is 310 g/mol. The summed E-state index contributed by atoms with van der Waals surface area (Å²) in [5.41, 5.74) is 2.21. The molecule has 0 fully saturated rings. The van der Waals surface area contributed by atoms with Crippen LogP contribution in [0.1, 0.15) is 23.0 Å². The van der Waals surface area contributed by atoms with Gasteiger partial charge in [-0.15, -0.1) is 0 Å². The molecule has 0 aliphatic heterocycles. The standard InChI is InChI=1S/C17H21N3O4/c1-12-8-9-19-20(12)15-6-4-14(5-7-15)17(22)24-13(2)16(21)18-10-11-23-3/h4-9,13H,10-11H2,1-3H3,(H,18,21)/t13-/m0/s1. The Balaban J connectivity index is 1.95. The molecule has 2 rings (SSSR count). The molecule has 1 heterocycles. The maximum Gasteiger partial charge on any atom is 0.338 e. The van der Waals surface area contributed by atoms with E-state index in [-0.39, 0.29) is 5.91 Å². The molecule has 7 heteroatoms. The van der Waals surface area contributed by atoms with Gasteiger partial charge in [0.05, 0.1) is 17.9 Å². The lowest BCUT2D eigenvalue weighted by Crippen LogP contribution is -2.37. The molecule has 0 saturated carbocycles. The van der Waals surface area contributed by atoms with E-state index >= 15 is 0 Å². The van der Waals surface area contributed by atoms with Crippen molar-refractivity contribution in [2.24, 2.45) is 0 Å². The van der Waals surface area contributed by atoms with Gasteiger partial charge in [0.25, 0.3) is 5.91 Å². The Morgan fingerprint density at radius 3 is 2.54 bits per heavy atom. The fourth-order valence-corrected chi connectivity index (χ4v) is 2.08. The van der Waals surface area contributed by atoms with Crippen LogP contribution in [0.5, 0.6) is 0 Å². The van der Waals surface area contributed by atoms with Crippen LogP contribution in [0.3, 0.4) is 0 Å². The first kappa shape index (κ1) is 17.7.